The summed E-state index contributed by atoms with van der Waals surface area (Å²) in [4.78, 5) is 11.9. The van der Waals surface area contributed by atoms with Gasteiger partial charge in [0.15, 0.2) is 11.6 Å². The molecule has 0 aromatic heterocycles. The van der Waals surface area contributed by atoms with Gasteiger partial charge in [0.1, 0.15) is 5.69 Å². The van der Waals surface area contributed by atoms with Gasteiger partial charge in [0.25, 0.3) is 0 Å². The van der Waals surface area contributed by atoms with E-state index < -0.39 is 27.3 Å². The molecule has 2 aromatic rings. The first-order chi connectivity index (χ1) is 12.3. The summed E-state index contributed by atoms with van der Waals surface area (Å²) in [6.45, 7) is -0.331. The molecule has 0 spiro atoms. The van der Waals surface area contributed by atoms with Gasteiger partial charge in [0.05, 0.1) is 12.8 Å². The van der Waals surface area contributed by atoms with Crippen molar-refractivity contribution in [3.8, 4) is 0 Å². The van der Waals surface area contributed by atoms with E-state index in [1.807, 2.05) is 30.3 Å². The lowest BCUT2D eigenvalue weighted by molar-refractivity contribution is -0.120. The maximum atomic E-state index is 13.9. The van der Waals surface area contributed by atoms with E-state index in [-0.39, 0.29) is 25.4 Å². The van der Waals surface area contributed by atoms with Crippen molar-refractivity contribution in [2.24, 2.45) is 0 Å². The van der Waals surface area contributed by atoms with E-state index in [4.69, 9.17) is 0 Å². The van der Waals surface area contributed by atoms with Gasteiger partial charge in [-0.2, -0.15) is 0 Å². The molecule has 1 amide bonds. The van der Waals surface area contributed by atoms with Crippen LogP contribution >= 0.6 is 0 Å². The van der Waals surface area contributed by atoms with E-state index >= 15 is 0 Å². The van der Waals surface area contributed by atoms with Crippen LogP contribution in [0, 0.1) is 11.6 Å². The Morgan fingerprint density at radius 2 is 1.65 bits per heavy atom. The molecule has 0 fully saturated rings. The molecule has 140 valence electrons. The van der Waals surface area contributed by atoms with Gasteiger partial charge in [-0.3, -0.25) is 9.10 Å². The Morgan fingerprint density at radius 1 is 1.04 bits per heavy atom. The third kappa shape index (κ3) is 5.52. The second-order valence-electron chi connectivity index (χ2n) is 5.74. The van der Waals surface area contributed by atoms with Crippen LogP contribution < -0.4 is 9.62 Å². The summed E-state index contributed by atoms with van der Waals surface area (Å²) in [5, 5.41) is 2.57. The number of hydrogen-bond donors (Lipinski definition) is 1. The highest BCUT2D eigenvalue weighted by Crippen LogP contribution is 2.24. The zero-order chi connectivity index (χ0) is 19.2. The summed E-state index contributed by atoms with van der Waals surface area (Å²) in [5.41, 5.74) is 0.363. The third-order valence-corrected chi connectivity index (χ3v) is 4.87. The number of amides is 1. The van der Waals surface area contributed by atoms with Crippen LogP contribution in [-0.2, 0) is 21.2 Å². The van der Waals surface area contributed by atoms with Crippen molar-refractivity contribution >= 4 is 21.6 Å². The molecule has 5 nitrogen and oxygen atoms in total. The minimum atomic E-state index is -3.91. The molecule has 0 saturated carbocycles. The van der Waals surface area contributed by atoms with Crippen molar-refractivity contribution in [3.63, 3.8) is 0 Å². The number of carbonyl (C=O) groups excluding carboxylic acids is 1. The van der Waals surface area contributed by atoms with Crippen molar-refractivity contribution in [2.75, 3.05) is 23.7 Å². The van der Waals surface area contributed by atoms with Crippen molar-refractivity contribution in [3.05, 3.63) is 65.7 Å². The van der Waals surface area contributed by atoms with Crippen LogP contribution in [0.1, 0.15) is 12.0 Å². The fourth-order valence-corrected chi connectivity index (χ4v) is 3.39. The summed E-state index contributed by atoms with van der Waals surface area (Å²) in [7, 11) is -3.91. The number of sulfonamides is 1. The third-order valence-electron chi connectivity index (χ3n) is 3.71. The van der Waals surface area contributed by atoms with Gasteiger partial charge in [-0.25, -0.2) is 17.2 Å². The molecule has 0 aliphatic heterocycles. The highest BCUT2D eigenvalue weighted by molar-refractivity contribution is 7.92. The topological polar surface area (TPSA) is 66.5 Å². The number of carbonyl (C=O) groups is 1. The number of nitrogens with zero attached hydrogens (tertiary/aromatic N) is 1. The first-order valence-corrected chi connectivity index (χ1v) is 9.86. The Kier molecular flexibility index (Phi) is 6.68. The summed E-state index contributed by atoms with van der Waals surface area (Å²) >= 11 is 0. The fraction of sp³-hybridized carbons (Fsp3) is 0.278. The summed E-state index contributed by atoms with van der Waals surface area (Å²) in [6.07, 6.45) is 1.64. The molecular weight excluding hydrogens is 362 g/mol. The Morgan fingerprint density at radius 3 is 2.23 bits per heavy atom. The fourth-order valence-electron chi connectivity index (χ4n) is 2.46. The number of benzene rings is 2. The van der Waals surface area contributed by atoms with Crippen molar-refractivity contribution < 1.29 is 22.0 Å². The van der Waals surface area contributed by atoms with Crippen LogP contribution in [0.25, 0.3) is 0 Å². The smallest absolute Gasteiger partial charge is 0.232 e. The highest BCUT2D eigenvalue weighted by atomic mass is 32.2. The van der Waals surface area contributed by atoms with Gasteiger partial charge in [-0.05, 0) is 24.1 Å². The molecule has 2 rings (SSSR count). The van der Waals surface area contributed by atoms with Crippen molar-refractivity contribution in [1.29, 1.82) is 0 Å². The van der Waals surface area contributed by atoms with E-state index in [1.54, 1.807) is 0 Å². The standard InChI is InChI=1S/C18H20F2N2O3S/c1-26(24,25)22(18-15(19)8-5-9-16(18)20)13-12-21-17(23)11-10-14-6-3-2-4-7-14/h2-9H,10-13H2,1H3,(H,21,23). The molecule has 26 heavy (non-hydrogen) atoms. The second kappa shape index (κ2) is 8.75. The highest BCUT2D eigenvalue weighted by Gasteiger charge is 2.24. The van der Waals surface area contributed by atoms with Gasteiger partial charge in [-0.1, -0.05) is 36.4 Å². The van der Waals surface area contributed by atoms with Crippen LogP contribution in [0.5, 0.6) is 0 Å². The van der Waals surface area contributed by atoms with Crippen LogP contribution in [0.3, 0.4) is 0 Å². The molecule has 0 aliphatic rings. The maximum absolute atomic E-state index is 13.9. The molecule has 0 bridgehead atoms. The number of hydrogen-bond acceptors (Lipinski definition) is 3. The zero-order valence-electron chi connectivity index (χ0n) is 14.3. The minimum absolute atomic E-state index is 0.0610. The quantitative estimate of drug-likeness (QED) is 0.763. The van der Waals surface area contributed by atoms with Crippen LogP contribution in [0.4, 0.5) is 14.5 Å². The van der Waals surface area contributed by atoms with Gasteiger partial charge in [0.2, 0.25) is 15.9 Å². The lowest BCUT2D eigenvalue weighted by atomic mass is 10.1. The maximum Gasteiger partial charge on any atom is 0.232 e. The average molecular weight is 382 g/mol. The van der Waals surface area contributed by atoms with E-state index in [9.17, 15) is 22.0 Å². The lowest BCUT2D eigenvalue weighted by Gasteiger charge is -2.23. The Hall–Kier alpha value is -2.48. The Bertz CT molecular complexity index is 838. The first-order valence-electron chi connectivity index (χ1n) is 8.01. The molecule has 0 radical (unpaired) electrons. The molecular formula is C18H20F2N2O3S. The number of para-hydroxylation sites is 1. The van der Waals surface area contributed by atoms with Gasteiger partial charge in [0, 0.05) is 13.0 Å². The predicted octanol–water partition coefficient (Wildman–Crippen LogP) is 2.48. The van der Waals surface area contributed by atoms with Gasteiger partial charge >= 0.3 is 0 Å². The summed E-state index contributed by atoms with van der Waals surface area (Å²) < 4.78 is 52.2. The summed E-state index contributed by atoms with van der Waals surface area (Å²) in [6, 6.07) is 12.6. The monoisotopic (exact) mass is 382 g/mol. The molecule has 2 aromatic carbocycles. The van der Waals surface area contributed by atoms with Crippen LogP contribution in [0.15, 0.2) is 48.5 Å². The first kappa shape index (κ1) is 19.8. The molecule has 0 atom stereocenters. The number of anilines is 1. The number of aryl methyl sites for hydroxylation is 1. The number of halogens is 2. The van der Waals surface area contributed by atoms with Crippen LogP contribution in [-0.4, -0.2) is 33.7 Å². The van der Waals surface area contributed by atoms with Gasteiger partial charge < -0.3 is 5.32 Å². The largest absolute Gasteiger partial charge is 0.354 e. The molecule has 1 N–H and O–H groups in total. The molecule has 0 aliphatic carbocycles. The number of nitrogens with one attached hydrogen (secondary N) is 1. The minimum Gasteiger partial charge on any atom is -0.354 e. The molecule has 0 heterocycles. The van der Waals surface area contributed by atoms with Crippen LogP contribution in [0.2, 0.25) is 0 Å². The Labute approximate surface area is 151 Å². The lowest BCUT2D eigenvalue weighted by Crippen LogP contribution is -2.39. The molecule has 8 heteroatoms. The van der Waals surface area contributed by atoms with Crippen molar-refractivity contribution in [2.45, 2.75) is 12.8 Å². The summed E-state index contributed by atoms with van der Waals surface area (Å²) in [5.74, 6) is -2.23. The SMILES string of the molecule is CS(=O)(=O)N(CCNC(=O)CCc1ccccc1)c1c(F)cccc1F. The normalized spacial score (nSPS) is 11.2. The van der Waals surface area contributed by atoms with Gasteiger partial charge in [-0.15, -0.1) is 0 Å². The average Bonchev–Trinajstić information content (AvgIpc) is 2.58. The molecule has 0 saturated heterocycles. The van der Waals surface area contributed by atoms with E-state index in [2.05, 4.69) is 5.32 Å². The second-order valence-corrected chi connectivity index (χ2v) is 7.65. The number of rotatable bonds is 8. The molecule has 0 unspecified atom stereocenters. The van der Waals surface area contributed by atoms with E-state index in [0.29, 0.717) is 10.7 Å². The van der Waals surface area contributed by atoms with E-state index in [0.717, 1.165) is 30.0 Å². The zero-order valence-corrected chi connectivity index (χ0v) is 15.1. The van der Waals surface area contributed by atoms with Crippen molar-refractivity contribution in [1.82, 2.24) is 5.32 Å². The predicted molar refractivity (Wildman–Crippen MR) is 96.3 cm³/mol. The Balaban J connectivity index is 1.95. The van der Waals surface area contributed by atoms with E-state index in [1.165, 1.54) is 0 Å².